The van der Waals surface area contributed by atoms with Crippen molar-refractivity contribution in [1.82, 2.24) is 0 Å². The highest BCUT2D eigenvalue weighted by Crippen LogP contribution is 2.47. The smallest absolute Gasteiger partial charge is 0.265 e. The topological polar surface area (TPSA) is 76.2 Å². The first-order chi connectivity index (χ1) is 14.1. The third kappa shape index (κ3) is 2.37. The summed E-state index contributed by atoms with van der Waals surface area (Å²) in [5.41, 5.74) is 2.45. The van der Waals surface area contributed by atoms with Crippen molar-refractivity contribution >= 4 is 29.1 Å². The second-order valence-electron chi connectivity index (χ2n) is 8.50. The van der Waals surface area contributed by atoms with Crippen molar-refractivity contribution in [2.75, 3.05) is 23.0 Å². The van der Waals surface area contributed by atoms with Gasteiger partial charge in [0.05, 0.1) is 23.5 Å². The van der Waals surface area contributed by atoms with Gasteiger partial charge in [-0.3, -0.25) is 19.3 Å². The fourth-order valence-electron chi connectivity index (χ4n) is 5.49. The summed E-state index contributed by atoms with van der Waals surface area (Å²) in [6.07, 6.45) is 5.18. The molecule has 1 aromatic rings. The van der Waals surface area contributed by atoms with Crippen molar-refractivity contribution < 1.29 is 23.9 Å². The lowest BCUT2D eigenvalue weighted by Crippen LogP contribution is -2.64. The molecule has 1 saturated carbocycles. The Morgan fingerprint density at radius 2 is 1.76 bits per heavy atom. The standard InChI is InChI=1S/C22H22N2O5/c25-19-11-29-17-6-5-13(23-21(26)14-3-1-2-4-15(14)22(23)27)10-16(17)24(19)20-12-7-8-28-18(20)9-12/h5-6,10,12,18,20H,1-4,7-9,11H2. The molecule has 3 heterocycles. The maximum absolute atomic E-state index is 12.9. The number of ether oxygens (including phenoxy) is 2. The molecule has 3 unspecified atom stereocenters. The lowest BCUT2D eigenvalue weighted by atomic mass is 9.71. The zero-order valence-electron chi connectivity index (χ0n) is 16.1. The van der Waals surface area contributed by atoms with E-state index in [0.717, 1.165) is 32.3 Å². The quantitative estimate of drug-likeness (QED) is 0.720. The molecule has 2 fully saturated rings. The fourth-order valence-corrected chi connectivity index (χ4v) is 5.49. The summed E-state index contributed by atoms with van der Waals surface area (Å²) in [6, 6.07) is 5.26. The second-order valence-corrected chi connectivity index (χ2v) is 8.50. The first-order valence-corrected chi connectivity index (χ1v) is 10.4. The molecule has 0 aromatic heterocycles. The van der Waals surface area contributed by atoms with Crippen molar-refractivity contribution in [3.63, 3.8) is 0 Å². The molecule has 6 rings (SSSR count). The number of nitrogens with zero attached hydrogens (tertiary/aromatic N) is 2. The first-order valence-electron chi connectivity index (χ1n) is 10.4. The Hall–Kier alpha value is -2.67. The molecule has 2 aliphatic carbocycles. The van der Waals surface area contributed by atoms with Gasteiger partial charge in [-0.1, -0.05) is 0 Å². The number of carbonyl (C=O) groups is 3. The lowest BCUT2D eigenvalue weighted by molar-refractivity contribution is -0.134. The van der Waals surface area contributed by atoms with Gasteiger partial charge in [-0.2, -0.15) is 0 Å². The number of hydrogen-bond acceptors (Lipinski definition) is 5. The maximum Gasteiger partial charge on any atom is 0.265 e. The number of rotatable bonds is 2. The summed E-state index contributed by atoms with van der Waals surface area (Å²) in [5, 5.41) is 0. The molecule has 0 N–H and O–H groups in total. The third-order valence-electron chi connectivity index (χ3n) is 6.99. The van der Waals surface area contributed by atoms with Gasteiger partial charge in [-0.05, 0) is 62.6 Å². The molecule has 0 radical (unpaired) electrons. The van der Waals surface area contributed by atoms with E-state index in [9.17, 15) is 14.4 Å². The number of carbonyl (C=O) groups excluding carboxylic acids is 3. The van der Waals surface area contributed by atoms with Gasteiger partial charge in [0.25, 0.3) is 17.7 Å². The minimum Gasteiger partial charge on any atom is -0.482 e. The van der Waals surface area contributed by atoms with Gasteiger partial charge in [0.1, 0.15) is 5.75 Å². The molecule has 3 amide bonds. The van der Waals surface area contributed by atoms with E-state index in [1.165, 1.54) is 4.90 Å². The number of imide groups is 1. The highest BCUT2D eigenvalue weighted by molar-refractivity contribution is 6.33. The Bertz CT molecular complexity index is 941. The Morgan fingerprint density at radius 3 is 2.41 bits per heavy atom. The maximum atomic E-state index is 12.9. The van der Waals surface area contributed by atoms with Crippen molar-refractivity contribution in [1.29, 1.82) is 0 Å². The highest BCUT2D eigenvalue weighted by atomic mass is 16.5. The van der Waals surface area contributed by atoms with Gasteiger partial charge in [-0.25, -0.2) is 4.90 Å². The van der Waals surface area contributed by atoms with Gasteiger partial charge in [0.15, 0.2) is 6.61 Å². The second kappa shape index (κ2) is 6.16. The molecule has 1 saturated heterocycles. The molecule has 7 heteroatoms. The van der Waals surface area contributed by atoms with E-state index in [2.05, 4.69) is 0 Å². The normalized spacial score (nSPS) is 30.8. The van der Waals surface area contributed by atoms with Crippen LogP contribution in [-0.4, -0.2) is 43.1 Å². The Kier molecular flexibility index (Phi) is 3.66. The van der Waals surface area contributed by atoms with Crippen LogP contribution in [0.5, 0.6) is 5.75 Å². The first kappa shape index (κ1) is 17.2. The molecule has 7 nitrogen and oxygen atoms in total. The van der Waals surface area contributed by atoms with Gasteiger partial charge < -0.3 is 9.47 Å². The molecular formula is C22H22N2O5. The summed E-state index contributed by atoms with van der Waals surface area (Å²) in [6.45, 7) is 0.741. The number of amides is 3. The number of hydrogen-bond donors (Lipinski definition) is 0. The van der Waals surface area contributed by atoms with E-state index in [0.29, 0.717) is 47.0 Å². The number of benzene rings is 1. The van der Waals surface area contributed by atoms with Crippen LogP contribution in [0, 0.1) is 5.92 Å². The van der Waals surface area contributed by atoms with Gasteiger partial charge in [-0.15, -0.1) is 0 Å². The van der Waals surface area contributed by atoms with Crippen LogP contribution in [0.25, 0.3) is 0 Å². The van der Waals surface area contributed by atoms with E-state index in [1.807, 2.05) is 0 Å². The zero-order valence-corrected chi connectivity index (χ0v) is 16.1. The molecule has 150 valence electrons. The monoisotopic (exact) mass is 394 g/mol. The van der Waals surface area contributed by atoms with E-state index in [4.69, 9.17) is 9.47 Å². The zero-order chi connectivity index (χ0) is 19.7. The van der Waals surface area contributed by atoms with Crippen molar-refractivity contribution in [3.8, 4) is 5.75 Å². The summed E-state index contributed by atoms with van der Waals surface area (Å²) < 4.78 is 11.5. The largest absolute Gasteiger partial charge is 0.482 e. The SMILES string of the molecule is O=C1C2=C(CCCC2)C(=O)N1c1ccc2c(c1)N(C1C3CCOC1C3)C(=O)CO2. The molecule has 1 aromatic carbocycles. The molecule has 3 atom stereocenters. The third-order valence-corrected chi connectivity index (χ3v) is 6.99. The predicted molar refractivity (Wildman–Crippen MR) is 104 cm³/mol. The van der Waals surface area contributed by atoms with Gasteiger partial charge in [0, 0.05) is 17.8 Å². The Balaban J connectivity index is 1.38. The van der Waals surface area contributed by atoms with E-state index >= 15 is 0 Å². The highest BCUT2D eigenvalue weighted by Gasteiger charge is 2.51. The Morgan fingerprint density at radius 1 is 1.00 bits per heavy atom. The van der Waals surface area contributed by atoms with Crippen molar-refractivity contribution in [2.45, 2.75) is 50.7 Å². The molecule has 5 aliphatic rings. The summed E-state index contributed by atoms with van der Waals surface area (Å²) in [4.78, 5) is 41.7. The van der Waals surface area contributed by atoms with Crippen LogP contribution >= 0.6 is 0 Å². The van der Waals surface area contributed by atoms with Crippen LogP contribution in [0.3, 0.4) is 0 Å². The number of anilines is 2. The van der Waals surface area contributed by atoms with E-state index < -0.39 is 0 Å². The predicted octanol–water partition coefficient (Wildman–Crippen LogP) is 2.33. The van der Waals surface area contributed by atoms with Gasteiger partial charge >= 0.3 is 0 Å². The van der Waals surface area contributed by atoms with Crippen molar-refractivity contribution in [3.05, 3.63) is 29.3 Å². The van der Waals surface area contributed by atoms with E-state index in [-0.39, 0.29) is 36.5 Å². The van der Waals surface area contributed by atoms with Crippen molar-refractivity contribution in [2.24, 2.45) is 5.92 Å². The molecule has 2 bridgehead atoms. The van der Waals surface area contributed by atoms with Gasteiger partial charge in [0.2, 0.25) is 0 Å². The number of fused-ring (bicyclic) bond motifs is 3. The molecular weight excluding hydrogens is 372 g/mol. The van der Waals surface area contributed by atoms with Crippen LogP contribution in [0.2, 0.25) is 0 Å². The van der Waals surface area contributed by atoms with Crippen LogP contribution in [0.15, 0.2) is 29.3 Å². The minimum atomic E-state index is -0.219. The lowest BCUT2D eigenvalue weighted by Gasteiger charge is -2.54. The summed E-state index contributed by atoms with van der Waals surface area (Å²) in [7, 11) is 0. The molecule has 29 heavy (non-hydrogen) atoms. The van der Waals surface area contributed by atoms with Crippen LogP contribution < -0.4 is 14.5 Å². The Labute approximate surface area is 168 Å². The average molecular weight is 394 g/mol. The molecule has 0 spiro atoms. The summed E-state index contributed by atoms with van der Waals surface area (Å²) in [5.74, 6) is 0.494. The van der Waals surface area contributed by atoms with Crippen LogP contribution in [0.4, 0.5) is 11.4 Å². The van der Waals surface area contributed by atoms with Crippen LogP contribution in [-0.2, 0) is 19.1 Å². The van der Waals surface area contributed by atoms with Crippen LogP contribution in [0.1, 0.15) is 38.5 Å². The minimum absolute atomic E-state index is 0.000284. The summed E-state index contributed by atoms with van der Waals surface area (Å²) >= 11 is 0. The average Bonchev–Trinajstić information content (AvgIpc) is 3.01. The van der Waals surface area contributed by atoms with E-state index in [1.54, 1.807) is 23.1 Å². The molecule has 3 aliphatic heterocycles. The fraction of sp³-hybridized carbons (Fsp3) is 0.500.